The van der Waals surface area contributed by atoms with E-state index < -0.39 is 17.1 Å². The van der Waals surface area contributed by atoms with Crippen LogP contribution in [0.5, 0.6) is 0 Å². The van der Waals surface area contributed by atoms with Crippen LogP contribution >= 0.6 is 35.0 Å². The van der Waals surface area contributed by atoms with Gasteiger partial charge in [-0.1, -0.05) is 47.5 Å². The Balaban J connectivity index is 1.44. The molecule has 0 aliphatic heterocycles. The van der Waals surface area contributed by atoms with Gasteiger partial charge in [-0.3, -0.25) is 14.4 Å². The fourth-order valence-corrected chi connectivity index (χ4v) is 4.88. The Hall–Kier alpha value is -3.98. The molecule has 0 aliphatic carbocycles. The van der Waals surface area contributed by atoms with Crippen molar-refractivity contribution in [3.8, 4) is 0 Å². The normalized spacial score (nSPS) is 11.9. The molecule has 1 unspecified atom stereocenters. The number of benzene rings is 3. The lowest BCUT2D eigenvalue weighted by atomic mass is 10.2. The summed E-state index contributed by atoms with van der Waals surface area (Å²) in [5.41, 5.74) is 1.39. The topological polar surface area (TPSA) is 100 Å². The zero-order valence-corrected chi connectivity index (χ0v) is 22.9. The number of nitrogens with one attached hydrogen (secondary N) is 3. The van der Waals surface area contributed by atoms with Crippen molar-refractivity contribution in [3.63, 3.8) is 0 Å². The predicted octanol–water partition coefficient (Wildman–Crippen LogP) is 7.12. The first-order valence-electron chi connectivity index (χ1n) is 11.7. The Morgan fingerprint density at radius 1 is 0.846 bits per heavy atom. The molecule has 7 nitrogen and oxygen atoms in total. The van der Waals surface area contributed by atoms with E-state index in [1.807, 2.05) is 6.07 Å². The second-order valence-corrected chi connectivity index (χ2v) is 10.6. The van der Waals surface area contributed by atoms with Crippen molar-refractivity contribution >= 4 is 70.1 Å². The molecule has 198 valence electrons. The van der Waals surface area contributed by atoms with Gasteiger partial charge in [-0.25, -0.2) is 0 Å². The molecular weight excluding hydrogens is 557 g/mol. The summed E-state index contributed by atoms with van der Waals surface area (Å²) in [7, 11) is 0. The fraction of sp³-hybridized carbons (Fsp3) is 0.0690. The van der Waals surface area contributed by atoms with Crippen LogP contribution in [0.1, 0.15) is 23.0 Å². The molecule has 0 fully saturated rings. The Labute approximate surface area is 239 Å². The second-order valence-electron chi connectivity index (χ2n) is 8.28. The van der Waals surface area contributed by atoms with Gasteiger partial charge in [0.25, 0.3) is 11.8 Å². The van der Waals surface area contributed by atoms with E-state index in [1.165, 1.54) is 24.1 Å². The van der Waals surface area contributed by atoms with Gasteiger partial charge in [0.2, 0.25) is 5.91 Å². The average molecular weight is 580 g/mol. The molecule has 0 saturated carbocycles. The Morgan fingerprint density at radius 3 is 2.28 bits per heavy atom. The van der Waals surface area contributed by atoms with Gasteiger partial charge in [0.05, 0.1) is 11.5 Å². The summed E-state index contributed by atoms with van der Waals surface area (Å²) in [5.74, 6) is -0.811. The SMILES string of the molecule is CC(Sc1cccc(NC(=O)/C(=C/c2ccco2)NC(=O)c2ccccc2)c1)C(=O)Nc1cc(Cl)cc(Cl)c1. The monoisotopic (exact) mass is 579 g/mol. The van der Waals surface area contributed by atoms with Crippen LogP contribution in [0.4, 0.5) is 11.4 Å². The quantitative estimate of drug-likeness (QED) is 0.145. The highest BCUT2D eigenvalue weighted by Gasteiger charge is 2.18. The minimum absolute atomic E-state index is 0.00443. The molecule has 3 aromatic carbocycles. The zero-order chi connectivity index (χ0) is 27.8. The smallest absolute Gasteiger partial charge is 0.272 e. The first-order chi connectivity index (χ1) is 18.8. The maximum absolute atomic E-state index is 13.2. The molecule has 3 amide bonds. The standard InChI is InChI=1S/C29H23Cl2N3O4S/c1-18(27(35)33-23-14-20(30)13-21(31)15-23)39-25-11-5-9-22(16-25)32-29(37)26(17-24-10-6-12-38-24)34-28(36)19-7-3-2-4-8-19/h2-18H,1H3,(H,32,37)(H,33,35)(H,34,36)/b26-17-. The fourth-order valence-electron chi connectivity index (χ4n) is 3.43. The van der Waals surface area contributed by atoms with Crippen molar-refractivity contribution in [2.45, 2.75) is 17.1 Å². The van der Waals surface area contributed by atoms with Gasteiger partial charge in [0, 0.05) is 38.0 Å². The average Bonchev–Trinajstić information content (AvgIpc) is 3.41. The van der Waals surface area contributed by atoms with E-state index in [0.717, 1.165) is 4.90 Å². The van der Waals surface area contributed by atoms with E-state index in [0.29, 0.717) is 32.7 Å². The van der Waals surface area contributed by atoms with Crippen LogP contribution in [0.3, 0.4) is 0 Å². The molecule has 0 spiro atoms. The van der Waals surface area contributed by atoms with E-state index in [2.05, 4.69) is 16.0 Å². The molecule has 39 heavy (non-hydrogen) atoms. The van der Waals surface area contributed by atoms with E-state index in [4.69, 9.17) is 27.6 Å². The third-order valence-corrected chi connectivity index (χ3v) is 6.79. The van der Waals surface area contributed by atoms with Crippen LogP contribution in [-0.4, -0.2) is 23.0 Å². The number of hydrogen-bond acceptors (Lipinski definition) is 5. The van der Waals surface area contributed by atoms with Crippen molar-refractivity contribution in [3.05, 3.63) is 118 Å². The molecular formula is C29H23Cl2N3O4S. The summed E-state index contributed by atoms with van der Waals surface area (Å²) in [5, 5.41) is 8.63. The van der Waals surface area contributed by atoms with Gasteiger partial charge >= 0.3 is 0 Å². The highest BCUT2D eigenvalue weighted by atomic mass is 35.5. The summed E-state index contributed by atoms with van der Waals surface area (Å²) >= 11 is 13.3. The van der Waals surface area contributed by atoms with Crippen LogP contribution in [0, 0.1) is 0 Å². The van der Waals surface area contributed by atoms with Gasteiger partial charge in [-0.15, -0.1) is 11.8 Å². The molecule has 10 heteroatoms. The minimum Gasteiger partial charge on any atom is -0.465 e. The molecule has 4 aromatic rings. The number of carbonyl (C=O) groups is 3. The van der Waals surface area contributed by atoms with Crippen LogP contribution in [0.2, 0.25) is 10.0 Å². The number of anilines is 2. The molecule has 1 atom stereocenters. The lowest BCUT2D eigenvalue weighted by Gasteiger charge is -2.14. The summed E-state index contributed by atoms with van der Waals surface area (Å²) in [6, 6.07) is 23.8. The van der Waals surface area contributed by atoms with Crippen LogP contribution in [0.25, 0.3) is 6.08 Å². The van der Waals surface area contributed by atoms with Crippen LogP contribution in [0.15, 0.2) is 106 Å². The highest BCUT2D eigenvalue weighted by molar-refractivity contribution is 8.00. The Kier molecular flexibility index (Phi) is 9.49. The van der Waals surface area contributed by atoms with Crippen molar-refractivity contribution in [1.82, 2.24) is 5.32 Å². The summed E-state index contributed by atoms with van der Waals surface area (Å²) in [6.07, 6.45) is 2.92. The molecule has 3 N–H and O–H groups in total. The molecule has 0 bridgehead atoms. The zero-order valence-electron chi connectivity index (χ0n) is 20.6. The molecule has 1 heterocycles. The number of halogens is 2. The first-order valence-corrected chi connectivity index (χ1v) is 13.4. The maximum Gasteiger partial charge on any atom is 0.272 e. The van der Waals surface area contributed by atoms with Gasteiger partial charge < -0.3 is 20.4 Å². The Morgan fingerprint density at radius 2 is 1.59 bits per heavy atom. The number of rotatable bonds is 9. The van der Waals surface area contributed by atoms with E-state index in [-0.39, 0.29) is 11.6 Å². The molecule has 1 aromatic heterocycles. The molecule has 0 radical (unpaired) electrons. The lowest BCUT2D eigenvalue weighted by Crippen LogP contribution is -2.30. The van der Waals surface area contributed by atoms with Crippen LogP contribution in [-0.2, 0) is 9.59 Å². The molecule has 0 saturated heterocycles. The summed E-state index contributed by atoms with van der Waals surface area (Å²) in [6.45, 7) is 1.76. The van der Waals surface area contributed by atoms with Crippen molar-refractivity contribution in [1.29, 1.82) is 0 Å². The number of hydrogen-bond donors (Lipinski definition) is 3. The van der Waals surface area contributed by atoms with Crippen molar-refractivity contribution < 1.29 is 18.8 Å². The summed E-state index contributed by atoms with van der Waals surface area (Å²) in [4.78, 5) is 39.4. The number of furan rings is 1. The number of thioether (sulfide) groups is 1. The van der Waals surface area contributed by atoms with E-state index in [1.54, 1.807) is 85.8 Å². The second kappa shape index (κ2) is 13.2. The minimum atomic E-state index is -0.540. The number of amides is 3. The van der Waals surface area contributed by atoms with Gasteiger partial charge in [-0.2, -0.15) is 0 Å². The summed E-state index contributed by atoms with van der Waals surface area (Å²) < 4.78 is 5.33. The van der Waals surface area contributed by atoms with Crippen molar-refractivity contribution in [2.24, 2.45) is 0 Å². The van der Waals surface area contributed by atoms with Gasteiger partial charge in [0.15, 0.2) is 0 Å². The Bertz CT molecular complexity index is 1490. The first kappa shape index (κ1) is 28.0. The van der Waals surface area contributed by atoms with E-state index >= 15 is 0 Å². The molecule has 4 rings (SSSR count). The van der Waals surface area contributed by atoms with Gasteiger partial charge in [0.1, 0.15) is 11.5 Å². The highest BCUT2D eigenvalue weighted by Crippen LogP contribution is 2.28. The van der Waals surface area contributed by atoms with E-state index in [9.17, 15) is 14.4 Å². The third kappa shape index (κ3) is 8.25. The number of carbonyl (C=O) groups excluding carboxylic acids is 3. The predicted molar refractivity (Wildman–Crippen MR) is 156 cm³/mol. The largest absolute Gasteiger partial charge is 0.465 e. The van der Waals surface area contributed by atoms with Gasteiger partial charge in [-0.05, 0) is 67.6 Å². The molecule has 0 aliphatic rings. The maximum atomic E-state index is 13.2. The van der Waals surface area contributed by atoms with Crippen LogP contribution < -0.4 is 16.0 Å². The third-order valence-electron chi connectivity index (χ3n) is 5.26. The lowest BCUT2D eigenvalue weighted by molar-refractivity contribution is -0.115. The van der Waals surface area contributed by atoms with Crippen molar-refractivity contribution in [2.75, 3.05) is 10.6 Å².